The molecule has 4 aliphatic carbocycles. The summed E-state index contributed by atoms with van der Waals surface area (Å²) in [5.41, 5.74) is 0.256. The third-order valence-corrected chi connectivity index (χ3v) is 15.6. The van der Waals surface area contributed by atoms with Gasteiger partial charge in [-0.3, -0.25) is 19.2 Å². The molecule has 0 atom stereocenters. The van der Waals surface area contributed by atoms with Gasteiger partial charge in [-0.05, 0) is 164 Å². The van der Waals surface area contributed by atoms with Crippen molar-refractivity contribution in [3.05, 3.63) is 36.9 Å². The van der Waals surface area contributed by atoms with Crippen molar-refractivity contribution in [2.24, 2.45) is 47.3 Å². The predicted octanol–water partition coefficient (Wildman–Crippen LogP) is 10.7. The molecule has 12 nitrogen and oxygen atoms in total. The molecule has 0 heterocycles. The van der Waals surface area contributed by atoms with E-state index in [1.165, 1.54) is 0 Å². The fraction of sp³-hybridized carbons (Fsp3) is 0.692. The minimum atomic E-state index is -0.461. The first kappa shape index (κ1) is 53.2. The summed E-state index contributed by atoms with van der Waals surface area (Å²) in [4.78, 5) is 75.8. The topological polar surface area (TPSA) is 158 Å². The molecule has 0 unspecified atom stereocenters. The first-order valence-electron chi connectivity index (χ1n) is 24.5. The van der Waals surface area contributed by atoms with Crippen molar-refractivity contribution in [3.8, 4) is 11.5 Å². The summed E-state index contributed by atoms with van der Waals surface area (Å²) in [6, 6.07) is 1.78. The van der Waals surface area contributed by atoms with Crippen LogP contribution in [0, 0.1) is 47.3 Å². The van der Waals surface area contributed by atoms with Gasteiger partial charge in [0.1, 0.15) is 11.5 Å². The normalized spacial score (nSPS) is 25.7. The molecule has 0 spiro atoms. The van der Waals surface area contributed by atoms with Crippen LogP contribution in [0.2, 0.25) is 0 Å². The molecule has 366 valence electrons. The molecule has 0 aliphatic heterocycles. The van der Waals surface area contributed by atoms with E-state index in [9.17, 15) is 28.8 Å². The van der Waals surface area contributed by atoms with Crippen LogP contribution in [0.25, 0.3) is 0 Å². The van der Waals surface area contributed by atoms with Gasteiger partial charge in [0.2, 0.25) is 0 Å². The summed E-state index contributed by atoms with van der Waals surface area (Å²) < 4.78 is 33.2. The lowest BCUT2D eigenvalue weighted by molar-refractivity contribution is -0.151. The molecule has 4 aliphatic rings. The molecule has 0 aromatic heterocycles. The quantitative estimate of drug-likeness (QED) is 0.0319. The maximum Gasteiger partial charge on any atom is 0.330 e. The van der Waals surface area contributed by atoms with Crippen molar-refractivity contribution < 1.29 is 57.2 Å². The van der Waals surface area contributed by atoms with E-state index in [4.69, 9.17) is 53.7 Å². The first-order valence-corrected chi connectivity index (χ1v) is 25.4. The molecule has 4 fully saturated rings. The summed E-state index contributed by atoms with van der Waals surface area (Å²) in [6.07, 6.45) is 18.6. The average molecular weight is 955 g/mol. The molecule has 0 N–H and O–H groups in total. The number of unbranched alkanes of at least 4 members (excludes halogenated alkanes) is 2. The highest BCUT2D eigenvalue weighted by Crippen LogP contribution is 2.47. The zero-order valence-corrected chi connectivity index (χ0v) is 41.3. The van der Waals surface area contributed by atoms with E-state index >= 15 is 0 Å². The first-order chi connectivity index (χ1) is 31.6. The lowest BCUT2D eigenvalue weighted by Crippen LogP contribution is -2.32. The molecule has 4 saturated carbocycles. The van der Waals surface area contributed by atoms with E-state index in [2.05, 4.69) is 13.2 Å². The monoisotopic (exact) mass is 954 g/mol. The van der Waals surface area contributed by atoms with Crippen LogP contribution in [0.4, 0.5) is 0 Å². The summed E-state index contributed by atoms with van der Waals surface area (Å²) >= 11 is 9.54. The molecule has 1 aromatic carbocycles. The van der Waals surface area contributed by atoms with E-state index < -0.39 is 17.4 Å². The second-order valence-electron chi connectivity index (χ2n) is 20.0. The molecule has 1 aromatic rings. The Hall–Kier alpha value is -3.78. The number of thiol groups is 2. The fourth-order valence-electron chi connectivity index (χ4n) is 10.5. The highest BCUT2D eigenvalue weighted by atomic mass is 32.1. The Morgan fingerprint density at radius 1 is 0.500 bits per heavy atom. The van der Waals surface area contributed by atoms with Crippen LogP contribution in [0.1, 0.15) is 155 Å². The lowest BCUT2D eigenvalue weighted by atomic mass is 9.69. The van der Waals surface area contributed by atoms with Crippen molar-refractivity contribution >= 4 is 61.1 Å². The standard InChI is InChI=1S/C52H74O12S2/c1-6-43(53)59-28-8-10-30-61-48(55)37-20-12-33(13-21-37)35-16-24-39(25-17-35)50(57)63-42-32-41(52(3,4)5)45(47(66)46(42)65)64-51(58)40-26-18-36(19-27-40)34-14-22-38(23-15-34)49(56)62-31-11-9-29-60-44(54)7-2/h6-7,32-40,65-66H,1-2,8-31H2,3-5H3. The van der Waals surface area contributed by atoms with Gasteiger partial charge in [-0.2, -0.15) is 0 Å². The van der Waals surface area contributed by atoms with Gasteiger partial charge in [-0.15, -0.1) is 25.3 Å². The number of carbonyl (C=O) groups is 6. The van der Waals surface area contributed by atoms with Gasteiger partial charge in [0.25, 0.3) is 0 Å². The Bertz CT molecular complexity index is 1840. The third-order valence-electron chi connectivity index (χ3n) is 14.6. The molecule has 66 heavy (non-hydrogen) atoms. The maximum absolute atomic E-state index is 13.8. The highest BCUT2D eigenvalue weighted by Gasteiger charge is 2.38. The molecular weight excluding hydrogens is 881 g/mol. The van der Waals surface area contributed by atoms with Gasteiger partial charge in [0.05, 0.1) is 59.9 Å². The Kier molecular flexibility index (Phi) is 21.0. The van der Waals surface area contributed by atoms with Crippen LogP contribution in [0.5, 0.6) is 11.5 Å². The Morgan fingerprint density at radius 3 is 1.15 bits per heavy atom. The molecular formula is C52H74O12S2. The van der Waals surface area contributed by atoms with Crippen molar-refractivity contribution in [2.75, 3.05) is 26.4 Å². The Balaban J connectivity index is 1.03. The lowest BCUT2D eigenvalue weighted by Gasteiger charge is -2.37. The summed E-state index contributed by atoms with van der Waals surface area (Å²) in [7, 11) is 0. The van der Waals surface area contributed by atoms with Crippen molar-refractivity contribution in [1.29, 1.82) is 0 Å². The van der Waals surface area contributed by atoms with Crippen molar-refractivity contribution in [3.63, 3.8) is 0 Å². The van der Waals surface area contributed by atoms with E-state index in [-0.39, 0.29) is 60.8 Å². The number of ether oxygens (including phenoxy) is 6. The number of hydrogen-bond donors (Lipinski definition) is 2. The van der Waals surface area contributed by atoms with E-state index in [1.54, 1.807) is 6.07 Å². The average Bonchev–Trinajstić information content (AvgIpc) is 3.32. The van der Waals surface area contributed by atoms with Crippen molar-refractivity contribution in [2.45, 2.75) is 164 Å². The predicted molar refractivity (Wildman–Crippen MR) is 255 cm³/mol. The molecule has 0 bridgehead atoms. The summed E-state index contributed by atoms with van der Waals surface area (Å²) in [6.45, 7) is 14.0. The summed E-state index contributed by atoms with van der Waals surface area (Å²) in [5.74, 6) is 0.368. The Morgan fingerprint density at radius 2 is 0.818 bits per heavy atom. The smallest absolute Gasteiger partial charge is 0.330 e. The third kappa shape index (κ3) is 15.6. The van der Waals surface area contributed by atoms with Gasteiger partial charge in [0, 0.05) is 17.7 Å². The molecule has 5 rings (SSSR count). The number of esters is 6. The van der Waals surface area contributed by atoms with Gasteiger partial charge in [-0.25, -0.2) is 9.59 Å². The van der Waals surface area contributed by atoms with Crippen LogP contribution >= 0.6 is 25.3 Å². The molecule has 0 amide bonds. The van der Waals surface area contributed by atoms with E-state index in [0.717, 1.165) is 115 Å². The second-order valence-corrected chi connectivity index (χ2v) is 20.9. The summed E-state index contributed by atoms with van der Waals surface area (Å²) in [5, 5.41) is 0. The fourth-order valence-corrected chi connectivity index (χ4v) is 11.0. The van der Waals surface area contributed by atoms with Crippen LogP contribution in [0.3, 0.4) is 0 Å². The minimum absolute atomic E-state index is 0.0807. The second kappa shape index (κ2) is 26.1. The Labute approximate surface area is 403 Å². The van der Waals surface area contributed by atoms with Crippen LogP contribution in [-0.4, -0.2) is 62.2 Å². The zero-order valence-electron chi connectivity index (χ0n) is 39.5. The van der Waals surface area contributed by atoms with Gasteiger partial charge in [0.15, 0.2) is 0 Å². The maximum atomic E-state index is 13.8. The van der Waals surface area contributed by atoms with Crippen LogP contribution < -0.4 is 9.47 Å². The van der Waals surface area contributed by atoms with Crippen LogP contribution in [-0.2, 0) is 53.1 Å². The highest BCUT2D eigenvalue weighted by molar-refractivity contribution is 7.83. The molecule has 14 heteroatoms. The number of hydrogen-bond acceptors (Lipinski definition) is 14. The van der Waals surface area contributed by atoms with Crippen LogP contribution in [0.15, 0.2) is 41.2 Å². The minimum Gasteiger partial charge on any atom is -0.465 e. The number of benzene rings is 1. The SMILES string of the molecule is C=CC(=O)OCCCCOC(=O)C1CCC(C2CCC(C(=O)Oc3cc(C(C)(C)C)c(OC(=O)C4CCC(C5CCC(C(=O)OCCCCOC(=O)C=C)CC5)CC4)c(S)c3S)CC2)CC1. The molecule has 0 saturated heterocycles. The number of rotatable bonds is 20. The van der Waals surface area contributed by atoms with Crippen molar-refractivity contribution in [1.82, 2.24) is 0 Å². The largest absolute Gasteiger partial charge is 0.465 e. The van der Waals surface area contributed by atoms with Gasteiger partial charge in [-0.1, -0.05) is 33.9 Å². The molecule has 0 radical (unpaired) electrons. The van der Waals surface area contributed by atoms with E-state index in [0.29, 0.717) is 89.4 Å². The number of carbonyl (C=O) groups excluding carboxylic acids is 6. The zero-order chi connectivity index (χ0) is 47.8. The van der Waals surface area contributed by atoms with Gasteiger partial charge < -0.3 is 28.4 Å². The van der Waals surface area contributed by atoms with Gasteiger partial charge >= 0.3 is 35.8 Å². The van der Waals surface area contributed by atoms with E-state index in [1.807, 2.05) is 20.8 Å².